The highest BCUT2D eigenvalue weighted by molar-refractivity contribution is 6.29. The summed E-state index contributed by atoms with van der Waals surface area (Å²) in [6, 6.07) is 87.6. The molecule has 2 nitrogen and oxygen atoms in total. The van der Waals surface area contributed by atoms with Gasteiger partial charge in [-0.15, -0.1) is 0 Å². The van der Waals surface area contributed by atoms with E-state index in [4.69, 9.17) is 4.42 Å². The number of hydrogen-bond donors (Lipinski definition) is 0. The minimum Gasteiger partial charge on any atom is -0.455 e. The van der Waals surface area contributed by atoms with Crippen molar-refractivity contribution < 1.29 is 4.42 Å². The summed E-state index contributed by atoms with van der Waals surface area (Å²) in [5, 5.41) is 11.9. The summed E-state index contributed by atoms with van der Waals surface area (Å²) in [6.45, 7) is 0. The van der Waals surface area contributed by atoms with Gasteiger partial charge in [-0.1, -0.05) is 182 Å². The summed E-state index contributed by atoms with van der Waals surface area (Å²) >= 11 is 0. The molecule has 1 spiro atoms. The molecule has 0 atom stereocenters. The molecule has 1 heterocycles. The van der Waals surface area contributed by atoms with Crippen LogP contribution in [0, 0.1) is 0 Å². The summed E-state index contributed by atoms with van der Waals surface area (Å²) < 4.78 is 6.78. The summed E-state index contributed by atoms with van der Waals surface area (Å²) in [5.74, 6) is 0. The third kappa shape index (κ3) is 4.99. The van der Waals surface area contributed by atoms with E-state index in [1.807, 2.05) is 0 Å². The van der Waals surface area contributed by atoms with Gasteiger partial charge in [0.1, 0.15) is 11.2 Å². The van der Waals surface area contributed by atoms with E-state index in [0.29, 0.717) is 0 Å². The average molecular weight is 850 g/mol. The Morgan fingerprint density at radius 2 is 0.776 bits per heavy atom. The monoisotopic (exact) mass is 849 g/mol. The van der Waals surface area contributed by atoms with Gasteiger partial charge >= 0.3 is 0 Å². The molecule has 0 unspecified atom stereocenters. The Labute approximate surface area is 387 Å². The van der Waals surface area contributed by atoms with Gasteiger partial charge in [0.25, 0.3) is 0 Å². The summed E-state index contributed by atoms with van der Waals surface area (Å²) in [6.07, 6.45) is 0. The molecule has 0 saturated heterocycles. The summed E-state index contributed by atoms with van der Waals surface area (Å²) in [7, 11) is 0. The number of furan rings is 1. The molecule has 13 aromatic rings. The van der Waals surface area contributed by atoms with E-state index in [2.05, 4.69) is 241 Å². The van der Waals surface area contributed by atoms with Crippen LogP contribution in [0.3, 0.4) is 0 Å². The third-order valence-electron chi connectivity index (χ3n) is 15.0. The first-order valence-corrected chi connectivity index (χ1v) is 23.2. The second-order valence-electron chi connectivity index (χ2n) is 18.3. The maximum absolute atomic E-state index is 6.78. The van der Waals surface area contributed by atoms with Crippen LogP contribution in [0.25, 0.3) is 98.4 Å². The largest absolute Gasteiger partial charge is 0.455 e. The van der Waals surface area contributed by atoms with Crippen molar-refractivity contribution in [1.82, 2.24) is 0 Å². The van der Waals surface area contributed by atoms with Crippen LogP contribution >= 0.6 is 0 Å². The molecule has 1 aromatic heterocycles. The molecular formula is C65H39NO. The maximum Gasteiger partial charge on any atom is 0.143 e. The van der Waals surface area contributed by atoms with Crippen molar-refractivity contribution >= 4 is 82.1 Å². The third-order valence-corrected chi connectivity index (χ3v) is 15.0. The molecule has 0 aliphatic heterocycles. The standard InChI is InChI=1S/C65H39NO/c1-2-14-40(15-3-1)41-26-29-43(30-27-41)66(45-32-35-62-57(37-45)52-22-10-13-25-61(52)65(62)59-23-11-8-20-50(59)51-21-9-12-24-60(51)65)44-31-34-49-54(36-44)47-18-6-7-19-48(47)55-38-58-53-33-28-42-16-4-5-17-46(42)64(53)67-63(58)39-56(49)55/h1-39H. The van der Waals surface area contributed by atoms with Crippen molar-refractivity contribution in [3.8, 4) is 33.4 Å². The van der Waals surface area contributed by atoms with Crippen LogP contribution in [0.15, 0.2) is 241 Å². The van der Waals surface area contributed by atoms with Crippen molar-refractivity contribution in [1.29, 1.82) is 0 Å². The van der Waals surface area contributed by atoms with E-state index >= 15 is 0 Å². The van der Waals surface area contributed by atoms with E-state index in [1.54, 1.807) is 0 Å². The maximum atomic E-state index is 6.78. The van der Waals surface area contributed by atoms with Crippen molar-refractivity contribution in [3.63, 3.8) is 0 Å². The molecule has 15 rings (SSSR count). The first kappa shape index (κ1) is 36.6. The van der Waals surface area contributed by atoms with Crippen LogP contribution in [0.5, 0.6) is 0 Å². The van der Waals surface area contributed by atoms with Gasteiger partial charge in [0, 0.05) is 33.2 Å². The Bertz CT molecular complexity index is 4170. The smallest absolute Gasteiger partial charge is 0.143 e. The molecule has 67 heavy (non-hydrogen) atoms. The molecule has 310 valence electrons. The predicted molar refractivity (Wildman–Crippen MR) is 280 cm³/mol. The number of fused-ring (bicyclic) bond motifs is 21. The molecule has 2 heteroatoms. The zero-order chi connectivity index (χ0) is 43.8. The Morgan fingerprint density at radius 1 is 0.284 bits per heavy atom. The minimum absolute atomic E-state index is 0.402. The first-order chi connectivity index (χ1) is 33.2. The van der Waals surface area contributed by atoms with Gasteiger partial charge in [0.05, 0.1) is 5.41 Å². The number of rotatable bonds is 4. The number of hydrogen-bond acceptors (Lipinski definition) is 2. The molecule has 0 fully saturated rings. The van der Waals surface area contributed by atoms with E-state index < -0.39 is 5.41 Å². The van der Waals surface area contributed by atoms with Gasteiger partial charge in [0.2, 0.25) is 0 Å². The van der Waals surface area contributed by atoms with Crippen LogP contribution in [-0.4, -0.2) is 0 Å². The fraction of sp³-hybridized carbons (Fsp3) is 0.0154. The Hall–Kier alpha value is -8.72. The lowest BCUT2D eigenvalue weighted by Crippen LogP contribution is -2.25. The molecule has 0 bridgehead atoms. The fourth-order valence-electron chi connectivity index (χ4n) is 12.2. The summed E-state index contributed by atoms with van der Waals surface area (Å²) in [5.41, 5.74) is 17.7. The lowest BCUT2D eigenvalue weighted by atomic mass is 9.70. The second-order valence-corrected chi connectivity index (χ2v) is 18.3. The highest BCUT2D eigenvalue weighted by Crippen LogP contribution is 2.63. The second kappa shape index (κ2) is 13.7. The number of anilines is 3. The molecular weight excluding hydrogens is 811 g/mol. The quantitative estimate of drug-likeness (QED) is 0.164. The highest BCUT2D eigenvalue weighted by atomic mass is 16.3. The Kier molecular flexibility index (Phi) is 7.46. The molecule has 0 amide bonds. The van der Waals surface area contributed by atoms with Gasteiger partial charge in [0.15, 0.2) is 0 Å². The average Bonchev–Trinajstić information content (AvgIpc) is 4.02. The van der Waals surface area contributed by atoms with Crippen LogP contribution in [0.2, 0.25) is 0 Å². The topological polar surface area (TPSA) is 16.4 Å². The van der Waals surface area contributed by atoms with Crippen LogP contribution in [0.1, 0.15) is 22.3 Å². The van der Waals surface area contributed by atoms with Crippen molar-refractivity contribution in [2.45, 2.75) is 5.41 Å². The van der Waals surface area contributed by atoms with Gasteiger partial charge in [-0.2, -0.15) is 0 Å². The number of nitrogens with zero attached hydrogens (tertiary/aromatic N) is 1. The first-order valence-electron chi connectivity index (χ1n) is 23.2. The highest BCUT2D eigenvalue weighted by Gasteiger charge is 2.51. The van der Waals surface area contributed by atoms with Crippen LogP contribution in [0.4, 0.5) is 17.1 Å². The normalized spacial score (nSPS) is 13.2. The zero-order valence-corrected chi connectivity index (χ0v) is 36.4. The van der Waals surface area contributed by atoms with Crippen LogP contribution < -0.4 is 4.90 Å². The molecule has 0 N–H and O–H groups in total. The zero-order valence-electron chi connectivity index (χ0n) is 36.4. The van der Waals surface area contributed by atoms with E-state index in [1.165, 1.54) is 93.3 Å². The van der Waals surface area contributed by atoms with Gasteiger partial charge < -0.3 is 9.32 Å². The Balaban J connectivity index is 0.965. The SMILES string of the molecule is c1ccc(-c2ccc(N(c3ccc4c(c3)-c3ccccc3C43c4ccccc4-c4ccccc43)c3ccc4c(c3)c3ccccc3c3cc5c(cc43)oc3c4ccccc4ccc53)cc2)cc1. The van der Waals surface area contributed by atoms with Crippen molar-refractivity contribution in [2.75, 3.05) is 4.90 Å². The van der Waals surface area contributed by atoms with Gasteiger partial charge in [-0.05, 0) is 148 Å². The molecule has 12 aromatic carbocycles. The molecule has 0 saturated carbocycles. The minimum atomic E-state index is -0.402. The molecule has 2 aliphatic rings. The van der Waals surface area contributed by atoms with Gasteiger partial charge in [-0.25, -0.2) is 0 Å². The van der Waals surface area contributed by atoms with Crippen molar-refractivity contribution in [3.05, 3.63) is 259 Å². The van der Waals surface area contributed by atoms with E-state index in [-0.39, 0.29) is 0 Å². The fourth-order valence-corrected chi connectivity index (χ4v) is 12.2. The lowest BCUT2D eigenvalue weighted by Gasteiger charge is -2.31. The predicted octanol–water partition coefficient (Wildman–Crippen LogP) is 17.7. The molecule has 2 aliphatic carbocycles. The van der Waals surface area contributed by atoms with E-state index in [9.17, 15) is 0 Å². The number of benzene rings is 12. The Morgan fingerprint density at radius 3 is 1.49 bits per heavy atom. The molecule has 0 radical (unpaired) electrons. The van der Waals surface area contributed by atoms with Gasteiger partial charge in [-0.3, -0.25) is 0 Å². The van der Waals surface area contributed by atoms with E-state index in [0.717, 1.165) is 44.4 Å². The lowest BCUT2D eigenvalue weighted by molar-refractivity contribution is 0.673. The van der Waals surface area contributed by atoms with Crippen molar-refractivity contribution in [2.24, 2.45) is 0 Å². The van der Waals surface area contributed by atoms with Crippen LogP contribution in [-0.2, 0) is 5.41 Å². The summed E-state index contributed by atoms with van der Waals surface area (Å²) in [4.78, 5) is 2.45.